The summed E-state index contributed by atoms with van der Waals surface area (Å²) in [5, 5.41) is 0. The third-order valence-corrected chi connectivity index (χ3v) is 7.23. The summed E-state index contributed by atoms with van der Waals surface area (Å²) in [6.45, 7) is 127. The van der Waals surface area contributed by atoms with Crippen LogP contribution in [0.4, 0.5) is 0 Å². The molecule has 0 unspecified atom stereocenters. The van der Waals surface area contributed by atoms with E-state index in [1.165, 1.54) is 6.69 Å². The first kappa shape index (κ1) is 72.0. The molecule has 2 radical (unpaired) electrons. The third kappa shape index (κ3) is 70.0. The van der Waals surface area contributed by atoms with Crippen LogP contribution < -0.4 is 0 Å². The van der Waals surface area contributed by atoms with Gasteiger partial charge >= 0.3 is 455 Å². The van der Waals surface area contributed by atoms with Crippen LogP contribution in [0.5, 0.6) is 0 Å². The SMILES string of the molecule is [B]B=BB=BB=BB=BB=BB=BB=BB=BB=BB=BB=BB=BB=BB=BB=BB=BB=BB=BB=BB=BB=BB=BB=BB=BB=BB=BB=BB=BB=BB=BB=BB=BOCC. The second-order valence-corrected chi connectivity index (χ2v) is 12.7. The van der Waals surface area contributed by atoms with E-state index in [4.69, 9.17) is 12.4 Å². The molecule has 0 saturated carbocycles. The first-order chi connectivity index (χ1) is 33.9. The molecule has 0 rings (SSSR count). The second-order valence-electron chi connectivity index (χ2n) is 12.7. The molecule has 0 amide bonds. The zero-order chi connectivity index (χ0) is 48.7. The summed E-state index contributed by atoms with van der Waals surface area (Å²) in [7, 11) is 6.94. The monoisotopic (exact) mass is 761 g/mol. The van der Waals surface area contributed by atoms with Crippen LogP contribution in [-0.2, 0) is 4.65 Å². The van der Waals surface area contributed by atoms with Gasteiger partial charge in [0.25, 0.3) is 0 Å². The van der Waals surface area contributed by atoms with E-state index < -0.39 is 0 Å². The first-order valence-corrected chi connectivity index (χ1v) is 22.6. The van der Waals surface area contributed by atoms with E-state index in [0.717, 1.165) is 0 Å². The summed E-state index contributed by atoms with van der Waals surface area (Å²) in [5.74, 6) is 0. The Labute approximate surface area is 450 Å². The molecule has 0 fully saturated rings. The Kier molecular flexibility index (Phi) is 75.2. The second kappa shape index (κ2) is 71.0. The van der Waals surface area contributed by atoms with Crippen molar-refractivity contribution in [2.45, 2.75) is 6.92 Å². The third-order valence-electron chi connectivity index (χ3n) is 7.23. The van der Waals surface area contributed by atoms with Gasteiger partial charge in [-0.25, -0.2) is 0 Å². The van der Waals surface area contributed by atoms with Gasteiger partial charge in [0.2, 0.25) is 0 Å². The Morgan fingerprint density at radius 2 is 0.279 bits per heavy atom. The Morgan fingerprint density at radius 1 is 0.176 bits per heavy atom. The normalized spacial score (nSPS) is 7.90. The number of rotatable bonds is 33. The van der Waals surface area contributed by atoms with Crippen LogP contribution in [0, 0.1) is 0 Å². The van der Waals surface area contributed by atoms with Crippen LogP contribution >= 0.6 is 0 Å². The van der Waals surface area contributed by atoms with Gasteiger partial charge in [0.05, 0.1) is 0 Å². The van der Waals surface area contributed by atoms with Gasteiger partial charge < -0.3 is 0 Å². The fraction of sp³-hybridized carbons (Fsp3) is 1.00. The van der Waals surface area contributed by atoms with Gasteiger partial charge in [0.1, 0.15) is 0 Å². The average molecular weight is 748 g/mol. The number of hydrogen-bond donors (Lipinski definition) is 0. The van der Waals surface area contributed by atoms with E-state index in [2.05, 4.69) is 0 Å². The molecule has 0 atom stereocenters. The summed E-state index contributed by atoms with van der Waals surface area (Å²) in [5.41, 5.74) is 0. The maximum absolute atomic E-state index is 5.26. The summed E-state index contributed by atoms with van der Waals surface area (Å²) < 4.78 is 5.11. The van der Waals surface area contributed by atoms with Gasteiger partial charge in [-0.15, -0.1) is 0 Å². The topological polar surface area (TPSA) is 9.23 Å². The van der Waals surface area contributed by atoms with Crippen molar-refractivity contribution in [1.82, 2.24) is 0 Å². The van der Waals surface area contributed by atoms with E-state index in [-0.39, 0.29) is 0 Å². The van der Waals surface area contributed by atoms with Crippen LogP contribution in [0.3, 0.4) is 0 Å². The van der Waals surface area contributed by atoms with Gasteiger partial charge in [-0.3, -0.25) is 0 Å². The van der Waals surface area contributed by atoms with Crippen LogP contribution in [0.1, 0.15) is 6.92 Å². The van der Waals surface area contributed by atoms with E-state index >= 15 is 0 Å². The molecule has 0 aromatic rings. The summed E-state index contributed by atoms with van der Waals surface area (Å²) in [6, 6.07) is 0. The van der Waals surface area contributed by atoms with Crippen molar-refractivity contribution >= 4 is 436 Å². The van der Waals surface area contributed by atoms with Crippen molar-refractivity contribution in [2.75, 3.05) is 6.61 Å². The van der Waals surface area contributed by atoms with Gasteiger partial charge in [0, 0.05) is 0 Å². The molecular formula is C2H5B65O. The van der Waals surface area contributed by atoms with Crippen molar-refractivity contribution in [2.24, 2.45) is 0 Å². The fourth-order valence-electron chi connectivity index (χ4n) is 4.11. The predicted molar refractivity (Wildman–Crippen MR) is 386 cm³/mol. The number of hydrogen-bond acceptors (Lipinski definition) is 1. The standard InChI is InChI=1S/C2H5B65O/c1-2-68-67-66-65-64-63-62-61-60-59-58-57-56-55-54-53-52-51-50-49-48-47-46-45-44-43-42-41-40-39-38-37-36-35-34-33-32-31-30-29-28-27-26-25-24-23-22-21-20-19-18-17-16-15-14-13-12-11-10-9-8-7-6-5-4-3/h2H2,1H3. The Hall–Kier alpha value is 4.02. The molecule has 214 valence electrons. The maximum atomic E-state index is 5.26. The minimum atomic E-state index is 0.684. The molecular weight excluding hydrogens is 743 g/mol. The summed E-state index contributed by atoms with van der Waals surface area (Å²) in [6.07, 6.45) is 0. The quantitative estimate of drug-likeness (QED) is 0.0608. The summed E-state index contributed by atoms with van der Waals surface area (Å²) in [4.78, 5) is 0. The zero-order valence-electron chi connectivity index (χ0n) is 39.6. The van der Waals surface area contributed by atoms with Crippen molar-refractivity contribution in [3.05, 3.63) is 0 Å². The molecule has 0 bridgehead atoms. The molecule has 68 heavy (non-hydrogen) atoms. The van der Waals surface area contributed by atoms with Gasteiger partial charge in [-0.05, 0) is 0 Å². The molecule has 0 N–H and O–H groups in total. The Bertz CT molecular complexity index is 2270. The van der Waals surface area contributed by atoms with Crippen LogP contribution in [0.2, 0.25) is 0 Å². The molecule has 0 aliphatic heterocycles. The van der Waals surface area contributed by atoms with Crippen LogP contribution in [0.25, 0.3) is 0 Å². The molecule has 66 heteroatoms. The molecule has 0 heterocycles. The molecule has 0 aromatic heterocycles. The van der Waals surface area contributed by atoms with Crippen molar-refractivity contribution in [1.29, 1.82) is 0 Å². The van der Waals surface area contributed by atoms with E-state index in [0.29, 0.717) is 6.61 Å². The van der Waals surface area contributed by atoms with Crippen LogP contribution in [-0.4, -0.2) is 443 Å². The molecule has 0 aliphatic rings. The van der Waals surface area contributed by atoms with Gasteiger partial charge in [-0.2, -0.15) is 0 Å². The van der Waals surface area contributed by atoms with Crippen molar-refractivity contribution in [3.63, 3.8) is 0 Å². The predicted octanol–water partition coefficient (Wildman–Crippen LogP) is -24.3. The first-order valence-electron chi connectivity index (χ1n) is 22.6. The van der Waals surface area contributed by atoms with Crippen molar-refractivity contribution < 1.29 is 4.65 Å². The minimum absolute atomic E-state index is 0.684. The molecule has 0 spiro atoms. The van der Waals surface area contributed by atoms with Gasteiger partial charge in [0.15, 0.2) is 0 Å². The molecule has 0 saturated heterocycles. The fourth-order valence-corrected chi connectivity index (χ4v) is 4.11. The molecule has 1 nitrogen and oxygen atoms in total. The molecule has 0 aromatic carbocycles. The average Bonchev–Trinajstić information content (AvgIpc) is 3.35. The van der Waals surface area contributed by atoms with E-state index in [1.54, 1.807) is 13.7 Å². The Balaban J connectivity index is 4.08. The van der Waals surface area contributed by atoms with E-state index in [9.17, 15) is 0 Å². The van der Waals surface area contributed by atoms with Crippen molar-refractivity contribution in [3.8, 4) is 0 Å². The van der Waals surface area contributed by atoms with E-state index in [1.807, 2.05) is 415 Å². The van der Waals surface area contributed by atoms with Crippen LogP contribution in [0.15, 0.2) is 0 Å². The summed E-state index contributed by atoms with van der Waals surface area (Å²) >= 11 is 0. The molecule has 0 aliphatic carbocycles. The zero-order valence-corrected chi connectivity index (χ0v) is 39.6. The Morgan fingerprint density at radius 3 is 0.382 bits per heavy atom. The van der Waals surface area contributed by atoms with Gasteiger partial charge in [-0.1, -0.05) is 0 Å².